The van der Waals surface area contributed by atoms with Crippen molar-refractivity contribution >= 4 is 0 Å². The molecule has 1 saturated heterocycles. The molecule has 1 aromatic heterocycles. The number of aliphatic hydroxyl groups excluding tert-OH is 1. The van der Waals surface area contributed by atoms with Crippen LogP contribution in [-0.2, 0) is 6.42 Å². The number of aliphatic hydroxyl groups is 1. The van der Waals surface area contributed by atoms with E-state index in [-0.39, 0.29) is 6.61 Å². The highest BCUT2D eigenvalue weighted by Crippen LogP contribution is 2.25. The molecular formula is C10H17N3O2. The van der Waals surface area contributed by atoms with Crippen molar-refractivity contribution in [1.82, 2.24) is 15.0 Å². The monoisotopic (exact) mass is 211 g/mol. The summed E-state index contributed by atoms with van der Waals surface area (Å²) in [5.74, 6) is 1.72. The molecule has 5 nitrogen and oxygen atoms in total. The highest BCUT2D eigenvalue weighted by molar-refractivity contribution is 4.98. The van der Waals surface area contributed by atoms with Crippen LogP contribution in [0, 0.1) is 0 Å². The number of likely N-dealkylation sites (tertiary alicyclic amines) is 1. The molecule has 1 N–H and O–H groups in total. The van der Waals surface area contributed by atoms with Gasteiger partial charge in [0.1, 0.15) is 0 Å². The number of hydrogen-bond acceptors (Lipinski definition) is 5. The summed E-state index contributed by atoms with van der Waals surface area (Å²) in [7, 11) is 0. The van der Waals surface area contributed by atoms with E-state index in [0.717, 1.165) is 31.9 Å². The number of aromatic nitrogens is 2. The van der Waals surface area contributed by atoms with Crippen LogP contribution in [-0.4, -0.2) is 46.4 Å². The Kier molecular flexibility index (Phi) is 3.33. The van der Waals surface area contributed by atoms with Crippen LogP contribution in [0.25, 0.3) is 0 Å². The van der Waals surface area contributed by atoms with Gasteiger partial charge in [0.25, 0.3) is 0 Å². The van der Waals surface area contributed by atoms with E-state index >= 15 is 0 Å². The average Bonchev–Trinajstić information content (AvgIpc) is 2.85. The first kappa shape index (κ1) is 10.6. The summed E-state index contributed by atoms with van der Waals surface area (Å²) in [5.41, 5.74) is 0. The normalized spacial score (nSPS) is 22.4. The van der Waals surface area contributed by atoms with Crippen LogP contribution in [0.1, 0.15) is 31.0 Å². The second kappa shape index (κ2) is 4.72. The Morgan fingerprint density at radius 2 is 2.47 bits per heavy atom. The summed E-state index contributed by atoms with van der Waals surface area (Å²) < 4.78 is 5.20. The third-order valence-corrected chi connectivity index (χ3v) is 2.89. The molecule has 0 amide bonds. The largest absolute Gasteiger partial charge is 0.396 e. The van der Waals surface area contributed by atoms with Crippen molar-refractivity contribution in [3.63, 3.8) is 0 Å². The van der Waals surface area contributed by atoms with E-state index < -0.39 is 0 Å². The summed E-state index contributed by atoms with van der Waals surface area (Å²) in [6.45, 7) is 5.43. The maximum Gasteiger partial charge on any atom is 0.231 e. The number of nitrogens with zero attached hydrogens (tertiary/aromatic N) is 3. The summed E-state index contributed by atoms with van der Waals surface area (Å²) >= 11 is 0. The maximum absolute atomic E-state index is 8.74. The molecule has 2 rings (SSSR count). The van der Waals surface area contributed by atoms with Crippen molar-refractivity contribution in [2.45, 2.75) is 25.7 Å². The first-order valence-electron chi connectivity index (χ1n) is 5.49. The molecule has 84 valence electrons. The molecule has 0 saturated carbocycles. The first-order valence-corrected chi connectivity index (χ1v) is 5.49. The van der Waals surface area contributed by atoms with Crippen LogP contribution in [0.2, 0.25) is 0 Å². The molecule has 0 bridgehead atoms. The highest BCUT2D eigenvalue weighted by atomic mass is 16.5. The van der Waals surface area contributed by atoms with Crippen molar-refractivity contribution in [1.29, 1.82) is 0 Å². The molecule has 0 radical (unpaired) electrons. The highest BCUT2D eigenvalue weighted by Gasteiger charge is 2.27. The molecule has 1 aliphatic heterocycles. The minimum absolute atomic E-state index is 0.0741. The zero-order valence-electron chi connectivity index (χ0n) is 9.02. The van der Waals surface area contributed by atoms with Crippen LogP contribution in [0.5, 0.6) is 0 Å². The number of likely N-dealkylation sites (N-methyl/N-ethyl adjacent to an activating group) is 1. The van der Waals surface area contributed by atoms with Gasteiger partial charge < -0.3 is 14.5 Å². The van der Waals surface area contributed by atoms with Gasteiger partial charge in [-0.2, -0.15) is 4.98 Å². The standard InChI is InChI=1S/C10H17N3O2/c1-2-13-5-3-8(7-13)10-11-9(4-6-14)12-15-10/h8,14H,2-7H2,1H3. The summed E-state index contributed by atoms with van der Waals surface area (Å²) in [6, 6.07) is 0. The third kappa shape index (κ3) is 2.35. The third-order valence-electron chi connectivity index (χ3n) is 2.89. The van der Waals surface area contributed by atoms with Crippen LogP contribution in [0.4, 0.5) is 0 Å². The Bertz CT molecular complexity index is 313. The Balaban J connectivity index is 1.97. The fraction of sp³-hybridized carbons (Fsp3) is 0.800. The Labute approximate surface area is 89.1 Å². The zero-order valence-corrected chi connectivity index (χ0v) is 9.02. The average molecular weight is 211 g/mol. The van der Waals surface area contributed by atoms with E-state index in [1.165, 1.54) is 0 Å². The predicted octanol–water partition coefficient (Wildman–Crippen LogP) is 0.414. The zero-order chi connectivity index (χ0) is 10.7. The predicted molar refractivity (Wildman–Crippen MR) is 54.6 cm³/mol. The van der Waals surface area contributed by atoms with Crippen LogP contribution >= 0.6 is 0 Å². The molecule has 0 aliphatic carbocycles. The van der Waals surface area contributed by atoms with Crippen molar-refractivity contribution in [2.75, 3.05) is 26.2 Å². The van der Waals surface area contributed by atoms with Crippen molar-refractivity contribution in [3.8, 4) is 0 Å². The van der Waals surface area contributed by atoms with Crippen LogP contribution in [0.3, 0.4) is 0 Å². The molecule has 1 aromatic rings. The van der Waals surface area contributed by atoms with Crippen molar-refractivity contribution in [3.05, 3.63) is 11.7 Å². The van der Waals surface area contributed by atoms with Crippen molar-refractivity contribution in [2.24, 2.45) is 0 Å². The second-order valence-electron chi connectivity index (χ2n) is 3.90. The van der Waals surface area contributed by atoms with Gasteiger partial charge in [0.15, 0.2) is 5.82 Å². The van der Waals surface area contributed by atoms with Crippen LogP contribution < -0.4 is 0 Å². The summed E-state index contributed by atoms with van der Waals surface area (Å²) in [6.07, 6.45) is 1.57. The lowest BCUT2D eigenvalue weighted by atomic mass is 10.1. The molecule has 0 spiro atoms. The molecule has 15 heavy (non-hydrogen) atoms. The van der Waals surface area contributed by atoms with Gasteiger partial charge in [0.2, 0.25) is 5.89 Å². The van der Waals surface area contributed by atoms with E-state index in [0.29, 0.717) is 18.2 Å². The van der Waals surface area contributed by atoms with E-state index in [1.807, 2.05) is 0 Å². The van der Waals surface area contributed by atoms with Gasteiger partial charge >= 0.3 is 0 Å². The molecule has 2 heterocycles. The summed E-state index contributed by atoms with van der Waals surface area (Å²) in [4.78, 5) is 6.66. The van der Waals surface area contributed by atoms with Gasteiger partial charge in [0, 0.05) is 13.0 Å². The minimum atomic E-state index is 0.0741. The van der Waals surface area contributed by atoms with Crippen molar-refractivity contribution < 1.29 is 9.63 Å². The molecule has 1 unspecified atom stereocenters. The Hall–Kier alpha value is -0.940. The lowest BCUT2D eigenvalue weighted by Gasteiger charge is -2.10. The fourth-order valence-corrected chi connectivity index (χ4v) is 1.96. The first-order chi connectivity index (χ1) is 7.33. The van der Waals surface area contributed by atoms with E-state index in [1.54, 1.807) is 0 Å². The SMILES string of the molecule is CCN1CCC(c2nc(CCO)no2)C1. The molecule has 1 fully saturated rings. The van der Waals surface area contributed by atoms with Gasteiger partial charge in [-0.25, -0.2) is 0 Å². The topological polar surface area (TPSA) is 62.4 Å². The number of hydrogen-bond donors (Lipinski definition) is 1. The summed E-state index contributed by atoms with van der Waals surface area (Å²) in [5, 5.41) is 12.6. The molecule has 0 aromatic carbocycles. The molecule has 1 aliphatic rings. The van der Waals surface area contributed by atoms with Gasteiger partial charge in [-0.05, 0) is 19.5 Å². The van der Waals surface area contributed by atoms with Gasteiger partial charge in [-0.3, -0.25) is 0 Å². The van der Waals surface area contributed by atoms with Gasteiger partial charge in [-0.1, -0.05) is 12.1 Å². The van der Waals surface area contributed by atoms with E-state index in [9.17, 15) is 0 Å². The molecule has 1 atom stereocenters. The van der Waals surface area contributed by atoms with E-state index in [2.05, 4.69) is 22.0 Å². The fourth-order valence-electron chi connectivity index (χ4n) is 1.96. The number of rotatable bonds is 4. The Morgan fingerprint density at radius 3 is 3.13 bits per heavy atom. The van der Waals surface area contributed by atoms with Gasteiger partial charge in [0.05, 0.1) is 12.5 Å². The Morgan fingerprint density at radius 1 is 1.60 bits per heavy atom. The van der Waals surface area contributed by atoms with Crippen LogP contribution in [0.15, 0.2) is 4.52 Å². The second-order valence-corrected chi connectivity index (χ2v) is 3.90. The molecular weight excluding hydrogens is 194 g/mol. The van der Waals surface area contributed by atoms with Gasteiger partial charge in [-0.15, -0.1) is 0 Å². The molecule has 5 heteroatoms. The lowest BCUT2D eigenvalue weighted by molar-refractivity contribution is 0.291. The lowest BCUT2D eigenvalue weighted by Crippen LogP contribution is -2.19. The minimum Gasteiger partial charge on any atom is -0.396 e. The quantitative estimate of drug-likeness (QED) is 0.781. The maximum atomic E-state index is 8.74. The smallest absolute Gasteiger partial charge is 0.231 e. The van der Waals surface area contributed by atoms with E-state index in [4.69, 9.17) is 9.63 Å².